The maximum atomic E-state index is 14.8. The number of nitrogens with one attached hydrogen (secondary N) is 7. The van der Waals surface area contributed by atoms with Crippen LogP contribution < -0.4 is 49.1 Å². The lowest BCUT2D eigenvalue weighted by molar-refractivity contribution is -0.145. The molecule has 2 saturated carbocycles. The van der Waals surface area contributed by atoms with E-state index in [0.29, 0.717) is 48.9 Å². The molecular formula is C51H69N13O12. The molecular weight excluding hydrogens is 987 g/mol. The lowest BCUT2D eigenvalue weighted by Crippen LogP contribution is -2.66. The summed E-state index contributed by atoms with van der Waals surface area (Å²) in [5.74, 6) is -8.04. The van der Waals surface area contributed by atoms with Crippen LogP contribution in [-0.4, -0.2) is 150 Å². The number of aliphatic carboxylic acids is 2. The van der Waals surface area contributed by atoms with Crippen LogP contribution >= 0.6 is 0 Å². The van der Waals surface area contributed by atoms with Crippen molar-refractivity contribution in [2.45, 2.75) is 150 Å². The summed E-state index contributed by atoms with van der Waals surface area (Å²) in [6, 6.07) is 6.88. The van der Waals surface area contributed by atoms with Crippen molar-refractivity contribution in [3.05, 3.63) is 83.9 Å². The van der Waals surface area contributed by atoms with E-state index < -0.39 is 107 Å². The van der Waals surface area contributed by atoms with Crippen molar-refractivity contribution in [3.63, 3.8) is 0 Å². The Morgan fingerprint density at radius 3 is 1.86 bits per heavy atom. The van der Waals surface area contributed by atoms with Crippen molar-refractivity contribution < 1.29 is 58.5 Å². The van der Waals surface area contributed by atoms with Gasteiger partial charge in [0.25, 0.3) is 0 Å². The van der Waals surface area contributed by atoms with Crippen LogP contribution in [-0.2, 0) is 62.4 Å². The molecule has 0 bridgehead atoms. The zero-order valence-electron chi connectivity index (χ0n) is 42.1. The van der Waals surface area contributed by atoms with Crippen molar-refractivity contribution >= 4 is 59.2 Å². The Labute approximate surface area is 438 Å². The summed E-state index contributed by atoms with van der Waals surface area (Å²) in [5.41, 5.74) is 15.2. The number of aliphatic imine (C=N–C) groups is 1. The van der Waals surface area contributed by atoms with Gasteiger partial charge in [-0.25, -0.2) is 9.78 Å². The van der Waals surface area contributed by atoms with Gasteiger partial charge < -0.3 is 74.3 Å². The molecule has 410 valence electrons. The second kappa shape index (κ2) is 26.4. The van der Waals surface area contributed by atoms with Gasteiger partial charge in [-0.1, -0.05) is 68.1 Å². The predicted octanol–water partition coefficient (Wildman–Crippen LogP) is -1.13. The third kappa shape index (κ3) is 15.5. The molecule has 0 spiro atoms. The maximum absolute atomic E-state index is 14.8. The number of carbonyl (C=O) groups is 9. The Kier molecular flexibility index (Phi) is 19.9. The van der Waals surface area contributed by atoms with Gasteiger partial charge in [-0.3, -0.25) is 43.3 Å². The highest BCUT2D eigenvalue weighted by atomic mass is 16.4. The molecule has 76 heavy (non-hydrogen) atoms. The van der Waals surface area contributed by atoms with E-state index in [9.17, 15) is 58.5 Å². The zero-order chi connectivity index (χ0) is 55.0. The molecule has 2 heterocycles. The quantitative estimate of drug-likeness (QED) is 0.0257. The van der Waals surface area contributed by atoms with Gasteiger partial charge in [0.05, 0.1) is 18.8 Å². The number of H-pyrrole nitrogens is 1. The minimum Gasteiger partial charge on any atom is -0.508 e. The minimum atomic E-state index is -1.60. The third-order valence-electron chi connectivity index (χ3n) is 14.1. The minimum absolute atomic E-state index is 0.00548. The topological polar surface area (TPSA) is 409 Å². The van der Waals surface area contributed by atoms with Crippen LogP contribution in [0.3, 0.4) is 0 Å². The molecule has 6 rings (SSSR count). The van der Waals surface area contributed by atoms with Crippen LogP contribution in [0.25, 0.3) is 0 Å². The monoisotopic (exact) mass is 1060 g/mol. The highest BCUT2D eigenvalue weighted by molar-refractivity contribution is 6.00. The third-order valence-corrected chi connectivity index (χ3v) is 14.1. The Hall–Kier alpha value is -8.09. The van der Waals surface area contributed by atoms with Gasteiger partial charge in [0.1, 0.15) is 47.0 Å². The molecule has 1 aliphatic heterocycles. The number of nitrogens with two attached hydrogens (primary N) is 3. The lowest BCUT2D eigenvalue weighted by Gasteiger charge is -2.35. The maximum Gasteiger partial charge on any atom is 0.326 e. The summed E-state index contributed by atoms with van der Waals surface area (Å²) in [6.07, 6.45) is 5.32. The van der Waals surface area contributed by atoms with Gasteiger partial charge in [-0.05, 0) is 74.6 Å². The number of benzene rings is 2. The largest absolute Gasteiger partial charge is 0.508 e. The molecule has 25 nitrogen and oxygen atoms in total. The number of aromatic hydroxyl groups is 1. The van der Waals surface area contributed by atoms with Crippen molar-refractivity contribution in [2.75, 3.05) is 13.1 Å². The van der Waals surface area contributed by atoms with Crippen LogP contribution in [0.2, 0.25) is 0 Å². The molecule has 3 fully saturated rings. The van der Waals surface area contributed by atoms with Gasteiger partial charge in [-0.2, -0.15) is 0 Å². The van der Waals surface area contributed by atoms with E-state index in [-0.39, 0.29) is 89.0 Å². The van der Waals surface area contributed by atoms with Crippen LogP contribution in [0.1, 0.15) is 100 Å². The number of phenols is 1. The first-order chi connectivity index (χ1) is 36.3. The number of rotatable bonds is 26. The van der Waals surface area contributed by atoms with Crippen molar-refractivity contribution in [1.29, 1.82) is 0 Å². The number of phenolic OH excluding ortho intramolecular Hbond substituents is 1. The number of hydrogen-bond acceptors (Lipinski definition) is 13. The standard InChI is InChI=1S/C51H69N13O12/c52-34(27-40(66)67)41(68)58-35(12-8-22-56-49(53)54)42(69)62-50(18-4-5-19-50)47(75)60-36(24-31-14-16-33(65)17-15-31)43(70)63-51(20-6-7-21-51)48(76)61-37(26-32-28-55-29-57-32)45(72)64-23-9-13-39(64)44(71)59-38(46(73)74)25-30-10-2-1-3-11-30/h1-3,10-11,14-17,28-29,34-39,65H,4-9,12-13,18-27,52H2,(H,55,57)(H,58,68)(H,59,71)(H,60,75)(H,61,76)(H,62,69)(H,63,70)(H,66,67)(H,73,74)(H4,53,54,56)/t34-,35-,36-,37-,38-,39-/m0/s1. The van der Waals surface area contributed by atoms with Gasteiger partial charge in [0, 0.05) is 44.2 Å². The predicted molar refractivity (Wildman–Crippen MR) is 273 cm³/mol. The molecule has 16 N–H and O–H groups in total. The fourth-order valence-electron chi connectivity index (χ4n) is 10.1. The highest BCUT2D eigenvalue weighted by Crippen LogP contribution is 2.33. The number of imidazole rings is 1. The molecule has 0 unspecified atom stereocenters. The van der Waals surface area contributed by atoms with E-state index in [0.717, 1.165) is 0 Å². The first-order valence-corrected chi connectivity index (χ1v) is 25.5. The number of likely N-dealkylation sites (tertiary alicyclic amines) is 1. The summed E-state index contributed by atoms with van der Waals surface area (Å²) in [7, 11) is 0. The van der Waals surface area contributed by atoms with Crippen LogP contribution in [0.5, 0.6) is 5.75 Å². The van der Waals surface area contributed by atoms with Crippen LogP contribution in [0.4, 0.5) is 0 Å². The Morgan fingerprint density at radius 2 is 1.29 bits per heavy atom. The second-order valence-electron chi connectivity index (χ2n) is 19.8. The number of nitrogens with zero attached hydrogens (tertiary/aromatic N) is 3. The summed E-state index contributed by atoms with van der Waals surface area (Å²) in [4.78, 5) is 136. The van der Waals surface area contributed by atoms with Gasteiger partial charge in [0.15, 0.2) is 5.96 Å². The number of amides is 7. The number of carboxylic acid groups (broad SMARTS) is 2. The SMILES string of the molecule is NC(N)=NCCC[C@H](NC(=O)[C@@H](N)CC(=O)O)C(=O)NC1(C(=O)N[C@@H](Cc2ccc(O)cc2)C(=O)NC2(C(=O)N[C@@H](Cc3cnc[nH]3)C(=O)N3CCC[C@H]3C(=O)N[C@@H](Cc3ccccc3)C(=O)O)CCCC2)CCCC1. The fourth-order valence-corrected chi connectivity index (χ4v) is 10.1. The van der Waals surface area contributed by atoms with Gasteiger partial charge in [0.2, 0.25) is 41.4 Å². The van der Waals surface area contributed by atoms with Crippen molar-refractivity contribution in [3.8, 4) is 5.75 Å². The Bertz CT molecular complexity index is 2560. The highest BCUT2D eigenvalue weighted by Gasteiger charge is 2.49. The van der Waals surface area contributed by atoms with Crippen LogP contribution in [0, 0.1) is 0 Å². The zero-order valence-corrected chi connectivity index (χ0v) is 42.1. The molecule has 25 heteroatoms. The molecule has 2 aliphatic carbocycles. The van der Waals surface area contributed by atoms with Crippen molar-refractivity contribution in [1.82, 2.24) is 46.8 Å². The number of carboxylic acids is 2. The summed E-state index contributed by atoms with van der Waals surface area (Å²) in [5, 5.41) is 45.9. The van der Waals surface area contributed by atoms with Gasteiger partial charge >= 0.3 is 11.9 Å². The molecule has 1 saturated heterocycles. The summed E-state index contributed by atoms with van der Waals surface area (Å²) < 4.78 is 0. The number of carbonyl (C=O) groups excluding carboxylic acids is 7. The van der Waals surface area contributed by atoms with Gasteiger partial charge in [-0.15, -0.1) is 0 Å². The van der Waals surface area contributed by atoms with E-state index >= 15 is 0 Å². The number of guanidine groups is 1. The van der Waals surface area contributed by atoms with E-state index in [1.807, 2.05) is 0 Å². The molecule has 3 aromatic rings. The fraction of sp³-hybridized carbons (Fsp3) is 0.510. The first kappa shape index (κ1) is 57.2. The Balaban J connectivity index is 1.22. The molecule has 3 aliphatic rings. The van der Waals surface area contributed by atoms with E-state index in [1.165, 1.54) is 29.6 Å². The lowest BCUT2D eigenvalue weighted by atomic mass is 9.92. The molecule has 7 amide bonds. The smallest absolute Gasteiger partial charge is 0.326 e. The Morgan fingerprint density at radius 1 is 0.711 bits per heavy atom. The molecule has 0 radical (unpaired) electrons. The first-order valence-electron chi connectivity index (χ1n) is 25.5. The second-order valence-corrected chi connectivity index (χ2v) is 19.8. The average molecular weight is 1060 g/mol. The van der Waals surface area contributed by atoms with E-state index in [1.54, 1.807) is 42.5 Å². The normalized spacial score (nSPS) is 18.4. The average Bonchev–Trinajstić information content (AvgIpc) is 4.25. The number of hydrogen-bond donors (Lipinski definition) is 13. The van der Waals surface area contributed by atoms with E-state index in [4.69, 9.17) is 17.2 Å². The number of aromatic nitrogens is 2. The van der Waals surface area contributed by atoms with Crippen LogP contribution in [0.15, 0.2) is 72.1 Å². The molecule has 1 aromatic heterocycles. The number of aromatic amines is 1. The van der Waals surface area contributed by atoms with E-state index in [2.05, 4.69) is 46.9 Å². The summed E-state index contributed by atoms with van der Waals surface area (Å²) in [6.45, 7) is 0.217. The summed E-state index contributed by atoms with van der Waals surface area (Å²) >= 11 is 0. The molecule has 2 aromatic carbocycles. The molecule has 6 atom stereocenters. The van der Waals surface area contributed by atoms with Crippen molar-refractivity contribution in [2.24, 2.45) is 22.2 Å².